The lowest BCUT2D eigenvalue weighted by molar-refractivity contribution is 0.0601. The highest BCUT2D eigenvalue weighted by Gasteiger charge is 2.08. The fraction of sp³-hybridized carbons (Fsp3) is 0.0667. The van der Waals surface area contributed by atoms with Gasteiger partial charge in [-0.2, -0.15) is 5.26 Å². The Bertz CT molecular complexity index is 673. The van der Waals surface area contributed by atoms with Crippen molar-refractivity contribution < 1.29 is 9.53 Å². The molecule has 0 aliphatic rings. The van der Waals surface area contributed by atoms with Gasteiger partial charge in [-0.05, 0) is 42.5 Å². The molecular formula is C15H13N3O2. The summed E-state index contributed by atoms with van der Waals surface area (Å²) < 4.78 is 4.63. The summed E-state index contributed by atoms with van der Waals surface area (Å²) in [5, 5.41) is 11.9. The summed E-state index contributed by atoms with van der Waals surface area (Å²) in [5.74, 6) is -0.429. The van der Waals surface area contributed by atoms with Crippen molar-refractivity contribution in [2.75, 3.05) is 18.2 Å². The molecule has 0 fully saturated rings. The van der Waals surface area contributed by atoms with Gasteiger partial charge in [-0.3, -0.25) is 0 Å². The highest BCUT2D eigenvalue weighted by molar-refractivity contribution is 5.92. The van der Waals surface area contributed by atoms with Crippen LogP contribution in [0.15, 0.2) is 42.5 Å². The van der Waals surface area contributed by atoms with Crippen molar-refractivity contribution in [1.29, 1.82) is 5.26 Å². The van der Waals surface area contributed by atoms with E-state index in [-0.39, 0.29) is 0 Å². The fourth-order valence-electron chi connectivity index (χ4n) is 1.70. The Morgan fingerprint density at radius 1 is 1.25 bits per heavy atom. The van der Waals surface area contributed by atoms with Gasteiger partial charge in [-0.25, -0.2) is 4.79 Å². The Kier molecular flexibility index (Phi) is 3.87. The van der Waals surface area contributed by atoms with Crippen molar-refractivity contribution in [2.24, 2.45) is 0 Å². The largest absolute Gasteiger partial charge is 0.465 e. The first-order valence-corrected chi connectivity index (χ1v) is 5.89. The summed E-state index contributed by atoms with van der Waals surface area (Å²) in [6.07, 6.45) is 0. The van der Waals surface area contributed by atoms with Crippen LogP contribution in [-0.2, 0) is 4.74 Å². The maximum Gasteiger partial charge on any atom is 0.337 e. The molecule has 0 saturated heterocycles. The fourth-order valence-corrected chi connectivity index (χ4v) is 1.70. The number of benzene rings is 2. The van der Waals surface area contributed by atoms with Crippen molar-refractivity contribution in [2.45, 2.75) is 0 Å². The van der Waals surface area contributed by atoms with Crippen molar-refractivity contribution in [3.8, 4) is 6.07 Å². The minimum atomic E-state index is -0.429. The number of nitrogen functional groups attached to an aromatic ring is 1. The zero-order chi connectivity index (χ0) is 14.5. The number of nitrogens with zero attached hydrogens (tertiary/aromatic N) is 1. The van der Waals surface area contributed by atoms with Crippen LogP contribution in [0.4, 0.5) is 17.1 Å². The Labute approximate surface area is 116 Å². The van der Waals surface area contributed by atoms with Crippen LogP contribution in [0.2, 0.25) is 0 Å². The van der Waals surface area contributed by atoms with Crippen LogP contribution >= 0.6 is 0 Å². The van der Waals surface area contributed by atoms with Gasteiger partial charge in [0, 0.05) is 5.69 Å². The normalized spacial score (nSPS) is 9.60. The number of anilines is 3. The second kappa shape index (κ2) is 5.76. The Hall–Kier alpha value is -3.00. The molecule has 0 aliphatic carbocycles. The molecule has 0 saturated carbocycles. The molecule has 0 radical (unpaired) electrons. The number of nitriles is 1. The van der Waals surface area contributed by atoms with Gasteiger partial charge in [0.2, 0.25) is 0 Å². The number of carbonyl (C=O) groups is 1. The molecule has 5 heteroatoms. The summed E-state index contributed by atoms with van der Waals surface area (Å²) in [6.45, 7) is 0. The number of nitrogens with one attached hydrogen (secondary N) is 1. The second-order valence-corrected chi connectivity index (χ2v) is 4.11. The molecule has 5 nitrogen and oxygen atoms in total. The predicted octanol–water partition coefficient (Wildman–Crippen LogP) is 2.67. The third-order valence-electron chi connectivity index (χ3n) is 2.77. The van der Waals surface area contributed by atoms with E-state index in [0.717, 1.165) is 5.69 Å². The van der Waals surface area contributed by atoms with Gasteiger partial charge < -0.3 is 15.8 Å². The second-order valence-electron chi connectivity index (χ2n) is 4.11. The number of ether oxygens (including phenoxy) is 1. The number of rotatable bonds is 3. The smallest absolute Gasteiger partial charge is 0.337 e. The number of hydrogen-bond acceptors (Lipinski definition) is 5. The highest BCUT2D eigenvalue weighted by atomic mass is 16.5. The van der Waals surface area contributed by atoms with Gasteiger partial charge in [0.15, 0.2) is 0 Å². The van der Waals surface area contributed by atoms with E-state index < -0.39 is 5.97 Å². The Morgan fingerprint density at radius 3 is 2.50 bits per heavy atom. The number of carbonyl (C=O) groups excluding carboxylic acids is 1. The van der Waals surface area contributed by atoms with Gasteiger partial charge in [0.25, 0.3) is 0 Å². The molecule has 20 heavy (non-hydrogen) atoms. The molecule has 0 aliphatic heterocycles. The lowest BCUT2D eigenvalue weighted by atomic mass is 10.1. The Morgan fingerprint density at radius 2 is 1.95 bits per heavy atom. The first-order valence-electron chi connectivity index (χ1n) is 5.89. The molecule has 100 valence electrons. The molecule has 0 heterocycles. The lowest BCUT2D eigenvalue weighted by Gasteiger charge is -2.10. The molecule has 0 spiro atoms. The number of nitrogens with two attached hydrogens (primary N) is 1. The van der Waals surface area contributed by atoms with E-state index in [2.05, 4.69) is 16.1 Å². The molecule has 2 rings (SSSR count). The minimum Gasteiger partial charge on any atom is -0.465 e. The molecule has 0 amide bonds. The Balaban J connectivity index is 2.21. The van der Waals surface area contributed by atoms with Crippen LogP contribution in [0, 0.1) is 11.3 Å². The maximum absolute atomic E-state index is 11.4. The topological polar surface area (TPSA) is 88.1 Å². The first-order chi connectivity index (χ1) is 9.63. The van der Waals surface area contributed by atoms with Gasteiger partial charge in [0.05, 0.1) is 35.7 Å². The zero-order valence-electron chi connectivity index (χ0n) is 10.9. The van der Waals surface area contributed by atoms with E-state index in [1.165, 1.54) is 7.11 Å². The number of esters is 1. The molecule has 0 aromatic heterocycles. The van der Waals surface area contributed by atoms with E-state index in [1.807, 2.05) is 0 Å². The van der Waals surface area contributed by atoms with Crippen molar-refractivity contribution in [3.63, 3.8) is 0 Å². The van der Waals surface area contributed by atoms with Crippen molar-refractivity contribution in [3.05, 3.63) is 53.6 Å². The van der Waals surface area contributed by atoms with Crippen LogP contribution in [0.3, 0.4) is 0 Å². The van der Waals surface area contributed by atoms with Crippen LogP contribution in [0.1, 0.15) is 15.9 Å². The quantitative estimate of drug-likeness (QED) is 0.659. The molecular weight excluding hydrogens is 254 g/mol. The lowest BCUT2D eigenvalue weighted by Crippen LogP contribution is -2.03. The van der Waals surface area contributed by atoms with Gasteiger partial charge >= 0.3 is 5.97 Å². The molecule has 2 aromatic rings. The van der Waals surface area contributed by atoms with E-state index in [9.17, 15) is 4.79 Å². The average molecular weight is 267 g/mol. The summed E-state index contributed by atoms with van der Waals surface area (Å²) in [4.78, 5) is 11.4. The molecule has 3 N–H and O–H groups in total. The van der Waals surface area contributed by atoms with E-state index in [1.54, 1.807) is 42.5 Å². The third kappa shape index (κ3) is 2.87. The molecule has 0 unspecified atom stereocenters. The third-order valence-corrected chi connectivity index (χ3v) is 2.77. The van der Waals surface area contributed by atoms with Crippen LogP contribution < -0.4 is 11.1 Å². The van der Waals surface area contributed by atoms with Crippen LogP contribution in [0.5, 0.6) is 0 Å². The summed E-state index contributed by atoms with van der Waals surface area (Å²) in [5.41, 5.74) is 8.81. The molecule has 0 atom stereocenters. The summed E-state index contributed by atoms with van der Waals surface area (Å²) in [7, 11) is 1.32. The van der Waals surface area contributed by atoms with Crippen molar-refractivity contribution >= 4 is 23.0 Å². The summed E-state index contributed by atoms with van der Waals surface area (Å²) in [6, 6.07) is 13.9. The number of hydrogen-bond donors (Lipinski definition) is 2. The van der Waals surface area contributed by atoms with Crippen molar-refractivity contribution in [1.82, 2.24) is 0 Å². The first kappa shape index (κ1) is 13.4. The molecule has 0 bridgehead atoms. The van der Waals surface area contributed by atoms with E-state index >= 15 is 0 Å². The monoisotopic (exact) mass is 267 g/mol. The minimum absolute atomic E-state index is 0.398. The SMILES string of the molecule is COC(=O)c1ccc(Nc2ccc(C#N)cc2)c(N)c1. The predicted molar refractivity (Wildman–Crippen MR) is 76.6 cm³/mol. The van der Waals surface area contributed by atoms with Gasteiger partial charge in [0.1, 0.15) is 0 Å². The van der Waals surface area contributed by atoms with Crippen LogP contribution in [-0.4, -0.2) is 13.1 Å². The zero-order valence-corrected chi connectivity index (χ0v) is 10.9. The number of methoxy groups -OCH3 is 1. The molecule has 2 aromatic carbocycles. The van der Waals surface area contributed by atoms with E-state index in [4.69, 9.17) is 11.0 Å². The van der Waals surface area contributed by atoms with E-state index in [0.29, 0.717) is 22.5 Å². The maximum atomic E-state index is 11.4. The van der Waals surface area contributed by atoms with Gasteiger partial charge in [-0.15, -0.1) is 0 Å². The summed E-state index contributed by atoms with van der Waals surface area (Å²) >= 11 is 0. The average Bonchev–Trinajstić information content (AvgIpc) is 2.49. The van der Waals surface area contributed by atoms with Crippen LogP contribution in [0.25, 0.3) is 0 Å². The van der Waals surface area contributed by atoms with Gasteiger partial charge in [-0.1, -0.05) is 0 Å². The standard InChI is InChI=1S/C15H13N3O2/c1-20-15(19)11-4-7-14(13(17)8-11)18-12-5-2-10(9-16)3-6-12/h2-8,18H,17H2,1H3. The highest BCUT2D eigenvalue weighted by Crippen LogP contribution is 2.24.